The summed E-state index contributed by atoms with van der Waals surface area (Å²) >= 11 is 0. The van der Waals surface area contributed by atoms with Crippen LogP contribution >= 0.6 is 0 Å². The lowest BCUT2D eigenvalue weighted by atomic mass is 9.76. The van der Waals surface area contributed by atoms with Gasteiger partial charge in [0.05, 0.1) is 0 Å². The maximum absolute atomic E-state index is 2.41. The summed E-state index contributed by atoms with van der Waals surface area (Å²) < 4.78 is 0. The summed E-state index contributed by atoms with van der Waals surface area (Å²) in [7, 11) is 2.21. The fourth-order valence-electron chi connectivity index (χ4n) is 2.76. The van der Waals surface area contributed by atoms with Crippen LogP contribution in [0.3, 0.4) is 0 Å². The van der Waals surface area contributed by atoms with E-state index in [1.165, 1.54) is 23.2 Å². The van der Waals surface area contributed by atoms with Crippen molar-refractivity contribution < 1.29 is 0 Å². The molecule has 2 rings (SSSR count). The van der Waals surface area contributed by atoms with E-state index in [0.717, 1.165) is 0 Å². The molecular weight excluding hydrogens is 182 g/mol. The van der Waals surface area contributed by atoms with Gasteiger partial charge in [-0.05, 0) is 31.9 Å². The van der Waals surface area contributed by atoms with Gasteiger partial charge in [-0.25, -0.2) is 0 Å². The summed E-state index contributed by atoms with van der Waals surface area (Å²) in [6, 6.07) is 7.43. The van der Waals surface area contributed by atoms with Gasteiger partial charge in [-0.15, -0.1) is 0 Å². The van der Waals surface area contributed by atoms with Gasteiger partial charge in [0.15, 0.2) is 0 Å². The first-order valence-corrected chi connectivity index (χ1v) is 5.84. The lowest BCUT2D eigenvalue weighted by molar-refractivity contribution is 0.399. The van der Waals surface area contributed by atoms with E-state index in [1.54, 1.807) is 0 Å². The first-order valence-electron chi connectivity index (χ1n) is 5.84. The van der Waals surface area contributed by atoms with Crippen molar-refractivity contribution in [2.45, 2.75) is 45.6 Å². The molecule has 0 amide bonds. The average Bonchev–Trinajstić information content (AvgIpc) is 2.42. The highest BCUT2D eigenvalue weighted by Crippen LogP contribution is 2.46. The van der Waals surface area contributed by atoms with E-state index in [0.29, 0.717) is 11.5 Å². The van der Waals surface area contributed by atoms with E-state index < -0.39 is 0 Å². The number of nitrogens with zero attached hydrogens (tertiary/aromatic N) is 1. The predicted molar refractivity (Wildman–Crippen MR) is 66.7 cm³/mol. The van der Waals surface area contributed by atoms with Crippen LogP contribution in [0.15, 0.2) is 18.2 Å². The van der Waals surface area contributed by atoms with Crippen LogP contribution in [0.1, 0.15) is 38.3 Å². The minimum atomic E-state index is 0.316. The van der Waals surface area contributed by atoms with Gasteiger partial charge < -0.3 is 4.90 Å². The first-order chi connectivity index (χ1) is 7.00. The van der Waals surface area contributed by atoms with Crippen LogP contribution in [0, 0.1) is 6.92 Å². The molecule has 0 N–H and O–H groups in total. The molecule has 0 aromatic heterocycles. The summed E-state index contributed by atoms with van der Waals surface area (Å²) in [5.74, 6) is 0. The van der Waals surface area contributed by atoms with E-state index in [2.05, 4.69) is 57.8 Å². The van der Waals surface area contributed by atoms with Crippen LogP contribution in [0.5, 0.6) is 0 Å². The quantitative estimate of drug-likeness (QED) is 0.675. The number of benzene rings is 1. The molecule has 1 heterocycles. The van der Waals surface area contributed by atoms with E-state index in [-0.39, 0.29) is 0 Å². The maximum atomic E-state index is 2.41. The third-order valence-electron chi connectivity index (χ3n) is 4.38. The van der Waals surface area contributed by atoms with E-state index in [9.17, 15) is 0 Å². The second-order valence-electron chi connectivity index (χ2n) is 5.08. The summed E-state index contributed by atoms with van der Waals surface area (Å²) in [6.07, 6.45) is 1.20. The normalized spacial score (nSPS) is 29.4. The maximum Gasteiger partial charge on any atom is 0.0405 e. The highest BCUT2D eigenvalue weighted by Gasteiger charge is 2.42. The molecule has 0 fully saturated rings. The molecule has 2 unspecified atom stereocenters. The van der Waals surface area contributed by atoms with Gasteiger partial charge in [-0.3, -0.25) is 0 Å². The molecule has 1 nitrogen and oxygen atoms in total. The lowest BCUT2D eigenvalue weighted by Crippen LogP contribution is -2.38. The molecule has 0 radical (unpaired) electrons. The highest BCUT2D eigenvalue weighted by atomic mass is 15.2. The zero-order valence-electron chi connectivity index (χ0n) is 10.5. The summed E-state index contributed by atoms with van der Waals surface area (Å²) in [6.45, 7) is 9.19. The third-order valence-corrected chi connectivity index (χ3v) is 4.38. The largest absolute Gasteiger partial charge is 0.371 e. The topological polar surface area (TPSA) is 3.24 Å². The molecule has 1 heteroatoms. The Morgan fingerprint density at radius 1 is 1.40 bits per heavy atom. The Bertz CT molecular complexity index is 383. The third kappa shape index (κ3) is 1.29. The molecule has 1 aliphatic rings. The Hall–Kier alpha value is -0.980. The molecule has 0 bridgehead atoms. The van der Waals surface area contributed by atoms with Crippen LogP contribution in [-0.2, 0) is 5.41 Å². The second-order valence-corrected chi connectivity index (χ2v) is 5.08. The molecule has 0 spiro atoms. The van der Waals surface area contributed by atoms with Gasteiger partial charge in [0.2, 0.25) is 0 Å². The zero-order chi connectivity index (χ0) is 11.2. The number of anilines is 1. The monoisotopic (exact) mass is 203 g/mol. The van der Waals surface area contributed by atoms with Crippen LogP contribution in [0.25, 0.3) is 0 Å². The van der Waals surface area contributed by atoms with Crippen molar-refractivity contribution in [3.8, 4) is 0 Å². The minimum absolute atomic E-state index is 0.316. The fourth-order valence-corrected chi connectivity index (χ4v) is 2.76. The SMILES string of the molecule is CCC1(C)c2cc(C)ccc2N(C)C1C. The number of aryl methyl sites for hydroxylation is 1. The van der Waals surface area contributed by atoms with Gasteiger partial charge in [0.1, 0.15) is 0 Å². The van der Waals surface area contributed by atoms with E-state index >= 15 is 0 Å². The molecule has 15 heavy (non-hydrogen) atoms. The predicted octanol–water partition coefficient (Wildman–Crippen LogP) is 3.50. The molecule has 2 atom stereocenters. The fraction of sp³-hybridized carbons (Fsp3) is 0.571. The van der Waals surface area contributed by atoms with Crippen LogP contribution < -0.4 is 4.90 Å². The average molecular weight is 203 g/mol. The van der Waals surface area contributed by atoms with E-state index in [4.69, 9.17) is 0 Å². The van der Waals surface area contributed by atoms with Crippen molar-refractivity contribution in [1.29, 1.82) is 0 Å². The molecule has 0 saturated heterocycles. The Morgan fingerprint density at radius 2 is 2.07 bits per heavy atom. The van der Waals surface area contributed by atoms with Crippen molar-refractivity contribution in [2.24, 2.45) is 0 Å². The molecule has 1 aromatic rings. The van der Waals surface area contributed by atoms with Crippen LogP contribution in [0.2, 0.25) is 0 Å². The van der Waals surface area contributed by atoms with Crippen molar-refractivity contribution in [3.63, 3.8) is 0 Å². The second kappa shape index (κ2) is 3.26. The van der Waals surface area contributed by atoms with Gasteiger partial charge in [-0.2, -0.15) is 0 Å². The van der Waals surface area contributed by atoms with Crippen LogP contribution in [0.4, 0.5) is 5.69 Å². The minimum Gasteiger partial charge on any atom is -0.371 e. The van der Waals surface area contributed by atoms with Crippen molar-refractivity contribution in [3.05, 3.63) is 29.3 Å². The molecule has 1 aliphatic heterocycles. The summed E-state index contributed by atoms with van der Waals surface area (Å²) in [5, 5.41) is 0. The number of likely N-dealkylation sites (N-methyl/N-ethyl adjacent to an activating group) is 1. The van der Waals surface area contributed by atoms with Gasteiger partial charge >= 0.3 is 0 Å². The number of fused-ring (bicyclic) bond motifs is 1. The van der Waals surface area contributed by atoms with Gasteiger partial charge in [0.25, 0.3) is 0 Å². The number of hydrogen-bond acceptors (Lipinski definition) is 1. The zero-order valence-corrected chi connectivity index (χ0v) is 10.5. The molecular formula is C14H21N. The van der Waals surface area contributed by atoms with Crippen molar-refractivity contribution in [1.82, 2.24) is 0 Å². The Labute approximate surface area is 93.1 Å². The summed E-state index contributed by atoms with van der Waals surface area (Å²) in [4.78, 5) is 2.41. The van der Waals surface area contributed by atoms with Crippen molar-refractivity contribution >= 4 is 5.69 Å². The van der Waals surface area contributed by atoms with Crippen LogP contribution in [-0.4, -0.2) is 13.1 Å². The standard InChI is InChI=1S/C14H21N/c1-6-14(4)11(3)15(5)13-8-7-10(2)9-12(13)14/h7-9,11H,6H2,1-5H3. The Balaban J connectivity index is 2.62. The van der Waals surface area contributed by atoms with E-state index in [1.807, 2.05) is 0 Å². The Morgan fingerprint density at radius 3 is 2.67 bits per heavy atom. The first kappa shape index (κ1) is 10.5. The lowest BCUT2D eigenvalue weighted by Gasteiger charge is -2.31. The number of hydrogen-bond donors (Lipinski definition) is 0. The van der Waals surface area contributed by atoms with Gasteiger partial charge in [-0.1, -0.05) is 31.5 Å². The number of rotatable bonds is 1. The highest BCUT2D eigenvalue weighted by molar-refractivity contribution is 5.64. The van der Waals surface area contributed by atoms with Gasteiger partial charge in [0, 0.05) is 24.2 Å². The smallest absolute Gasteiger partial charge is 0.0405 e. The summed E-state index contributed by atoms with van der Waals surface area (Å²) in [5.41, 5.74) is 4.63. The molecule has 1 aromatic carbocycles. The molecule has 0 aliphatic carbocycles. The Kier molecular flexibility index (Phi) is 2.29. The molecule has 82 valence electrons. The van der Waals surface area contributed by atoms with Crippen molar-refractivity contribution in [2.75, 3.05) is 11.9 Å². The molecule has 0 saturated carbocycles.